The van der Waals surface area contributed by atoms with Crippen LogP contribution in [-0.2, 0) is 19.9 Å². The normalized spacial score (nSPS) is 12.7. The summed E-state index contributed by atoms with van der Waals surface area (Å²) in [5.74, 6) is -0.398. The van der Waals surface area contributed by atoms with Gasteiger partial charge in [0.25, 0.3) is 0 Å². The lowest BCUT2D eigenvalue weighted by Crippen LogP contribution is -2.20. The Kier molecular flexibility index (Phi) is 5.41. The Morgan fingerprint density at radius 3 is 2.71 bits per heavy atom. The molecule has 1 atom stereocenters. The van der Waals surface area contributed by atoms with Gasteiger partial charge < -0.3 is 5.32 Å². The summed E-state index contributed by atoms with van der Waals surface area (Å²) in [5, 5.41) is 7.89. The van der Waals surface area contributed by atoms with Crippen LogP contribution in [0.4, 0.5) is 4.39 Å². The molecular formula is C15H18BrClFN3. The van der Waals surface area contributed by atoms with Crippen molar-refractivity contribution in [3.8, 4) is 0 Å². The van der Waals surface area contributed by atoms with E-state index in [2.05, 4.69) is 33.3 Å². The Morgan fingerprint density at radius 1 is 1.48 bits per heavy atom. The predicted octanol–water partition coefficient (Wildman–Crippen LogP) is 4.04. The number of aryl methyl sites for hydroxylation is 2. The average molecular weight is 375 g/mol. The molecule has 0 aliphatic carbocycles. The number of halogens is 3. The summed E-state index contributed by atoms with van der Waals surface area (Å²) in [7, 11) is 3.82. The monoisotopic (exact) mass is 373 g/mol. The second kappa shape index (κ2) is 6.90. The van der Waals surface area contributed by atoms with Crippen LogP contribution < -0.4 is 5.32 Å². The lowest BCUT2D eigenvalue weighted by atomic mass is 10.0. The Labute approximate surface area is 137 Å². The summed E-state index contributed by atoms with van der Waals surface area (Å²) in [6.45, 7) is 2.08. The van der Waals surface area contributed by atoms with Gasteiger partial charge in [0.15, 0.2) is 0 Å². The third kappa shape index (κ3) is 3.47. The zero-order chi connectivity index (χ0) is 15.6. The van der Waals surface area contributed by atoms with E-state index in [-0.39, 0.29) is 11.1 Å². The van der Waals surface area contributed by atoms with Crippen molar-refractivity contribution in [1.82, 2.24) is 15.1 Å². The van der Waals surface area contributed by atoms with Crippen LogP contribution in [0, 0.1) is 5.82 Å². The Hall–Kier alpha value is -0.910. The van der Waals surface area contributed by atoms with Gasteiger partial charge in [-0.1, -0.05) is 24.6 Å². The molecule has 1 N–H and O–H groups in total. The van der Waals surface area contributed by atoms with Crippen LogP contribution in [0.3, 0.4) is 0 Å². The lowest BCUT2D eigenvalue weighted by molar-refractivity contribution is 0.557. The van der Waals surface area contributed by atoms with Crippen LogP contribution in [0.15, 0.2) is 22.7 Å². The van der Waals surface area contributed by atoms with Crippen molar-refractivity contribution in [3.05, 3.63) is 50.5 Å². The highest BCUT2D eigenvalue weighted by Crippen LogP contribution is 2.28. The largest absolute Gasteiger partial charge is 0.313 e. The molecule has 21 heavy (non-hydrogen) atoms. The van der Waals surface area contributed by atoms with Crippen LogP contribution in [0.2, 0.25) is 5.02 Å². The molecule has 1 aromatic heterocycles. The van der Waals surface area contributed by atoms with Crippen molar-refractivity contribution in [3.63, 3.8) is 0 Å². The summed E-state index contributed by atoms with van der Waals surface area (Å²) in [6.07, 6.45) is 1.61. The van der Waals surface area contributed by atoms with E-state index in [4.69, 9.17) is 11.6 Å². The van der Waals surface area contributed by atoms with Gasteiger partial charge in [0, 0.05) is 19.5 Å². The lowest BCUT2D eigenvalue weighted by Gasteiger charge is -2.17. The number of hydrogen-bond donors (Lipinski definition) is 1. The minimum Gasteiger partial charge on any atom is -0.313 e. The highest BCUT2D eigenvalue weighted by molar-refractivity contribution is 9.10. The Balaban J connectivity index is 2.31. The molecule has 0 radical (unpaired) electrons. The van der Waals surface area contributed by atoms with Crippen LogP contribution >= 0.6 is 27.5 Å². The number of hydrogen-bond acceptors (Lipinski definition) is 2. The minimum absolute atomic E-state index is 0.0412. The quantitative estimate of drug-likeness (QED) is 0.856. The van der Waals surface area contributed by atoms with E-state index in [1.165, 1.54) is 6.07 Å². The topological polar surface area (TPSA) is 29.9 Å². The van der Waals surface area contributed by atoms with E-state index in [0.717, 1.165) is 34.3 Å². The van der Waals surface area contributed by atoms with Crippen molar-refractivity contribution in [2.45, 2.75) is 25.8 Å². The first-order valence-electron chi connectivity index (χ1n) is 6.80. The van der Waals surface area contributed by atoms with Crippen molar-refractivity contribution >= 4 is 27.5 Å². The Bertz CT molecular complexity index is 642. The van der Waals surface area contributed by atoms with Crippen molar-refractivity contribution < 1.29 is 4.39 Å². The van der Waals surface area contributed by atoms with E-state index >= 15 is 0 Å². The molecule has 0 bridgehead atoms. The Morgan fingerprint density at radius 2 is 2.19 bits per heavy atom. The molecule has 0 spiro atoms. The van der Waals surface area contributed by atoms with Gasteiger partial charge in [-0.2, -0.15) is 5.10 Å². The second-order valence-corrected chi connectivity index (χ2v) is 6.10. The number of aromatic nitrogens is 2. The first-order chi connectivity index (χ1) is 9.97. The third-order valence-corrected chi connectivity index (χ3v) is 4.80. The zero-order valence-electron chi connectivity index (χ0n) is 12.3. The number of nitrogens with one attached hydrogen (secondary N) is 1. The van der Waals surface area contributed by atoms with Crippen LogP contribution in [0.1, 0.15) is 29.9 Å². The van der Waals surface area contributed by atoms with E-state index in [9.17, 15) is 4.39 Å². The fourth-order valence-corrected chi connectivity index (χ4v) is 3.32. The fraction of sp³-hybridized carbons (Fsp3) is 0.400. The molecule has 0 fully saturated rings. The SMILES string of the molecule is CCc1nn(C)c(CC(NC)c2ccc(F)c(Cl)c2)c1Br. The van der Waals surface area contributed by atoms with Crippen molar-refractivity contribution in [2.24, 2.45) is 7.05 Å². The molecule has 1 unspecified atom stereocenters. The highest BCUT2D eigenvalue weighted by atomic mass is 79.9. The smallest absolute Gasteiger partial charge is 0.141 e. The maximum Gasteiger partial charge on any atom is 0.141 e. The molecule has 1 heterocycles. The van der Waals surface area contributed by atoms with Gasteiger partial charge in [-0.25, -0.2) is 4.39 Å². The molecule has 2 rings (SSSR count). The second-order valence-electron chi connectivity index (χ2n) is 4.90. The van der Waals surface area contributed by atoms with Gasteiger partial charge >= 0.3 is 0 Å². The van der Waals surface area contributed by atoms with E-state index < -0.39 is 5.82 Å². The van der Waals surface area contributed by atoms with Gasteiger partial charge in [0.2, 0.25) is 0 Å². The average Bonchev–Trinajstić information content (AvgIpc) is 2.74. The van der Waals surface area contributed by atoms with Gasteiger partial charge in [0.05, 0.1) is 20.9 Å². The predicted molar refractivity (Wildman–Crippen MR) is 87.2 cm³/mol. The molecule has 114 valence electrons. The van der Waals surface area contributed by atoms with Gasteiger partial charge in [0.1, 0.15) is 5.82 Å². The van der Waals surface area contributed by atoms with E-state index in [0.29, 0.717) is 0 Å². The molecule has 0 amide bonds. The van der Waals surface area contributed by atoms with Gasteiger partial charge in [-0.3, -0.25) is 4.68 Å². The standard InChI is InChI=1S/C15H18BrClFN3/c1-4-12-15(16)14(21(3)20-12)8-13(19-2)9-5-6-11(18)10(17)7-9/h5-7,13,19H,4,8H2,1-3H3. The van der Waals surface area contributed by atoms with Crippen LogP contribution in [0.25, 0.3) is 0 Å². The number of rotatable bonds is 5. The van der Waals surface area contributed by atoms with E-state index in [1.807, 2.05) is 18.8 Å². The minimum atomic E-state index is -0.398. The molecule has 0 aliphatic heterocycles. The molecule has 0 saturated heterocycles. The third-order valence-electron chi connectivity index (χ3n) is 3.59. The first-order valence-corrected chi connectivity index (χ1v) is 7.97. The van der Waals surface area contributed by atoms with Crippen molar-refractivity contribution in [1.29, 1.82) is 0 Å². The molecular weight excluding hydrogens is 357 g/mol. The fourth-order valence-electron chi connectivity index (χ4n) is 2.35. The van der Waals surface area contributed by atoms with Crippen LogP contribution in [0.5, 0.6) is 0 Å². The molecule has 6 heteroatoms. The molecule has 0 saturated carbocycles. The van der Waals surface area contributed by atoms with Crippen LogP contribution in [-0.4, -0.2) is 16.8 Å². The molecule has 0 aliphatic rings. The summed E-state index contributed by atoms with van der Waals surface area (Å²) < 4.78 is 16.2. The first kappa shape index (κ1) is 16.5. The van der Waals surface area contributed by atoms with Gasteiger partial charge in [-0.15, -0.1) is 0 Å². The summed E-state index contributed by atoms with van der Waals surface area (Å²) in [4.78, 5) is 0. The maximum absolute atomic E-state index is 13.3. The van der Waals surface area contributed by atoms with Crippen molar-refractivity contribution in [2.75, 3.05) is 7.05 Å². The number of likely N-dealkylation sites (N-methyl/N-ethyl adjacent to an activating group) is 1. The maximum atomic E-state index is 13.3. The van der Waals surface area contributed by atoms with Gasteiger partial charge in [-0.05, 0) is 47.1 Å². The summed E-state index contributed by atoms with van der Waals surface area (Å²) in [5.41, 5.74) is 3.10. The zero-order valence-corrected chi connectivity index (χ0v) is 14.6. The number of benzene rings is 1. The highest BCUT2D eigenvalue weighted by Gasteiger charge is 2.18. The summed E-state index contributed by atoms with van der Waals surface area (Å²) >= 11 is 9.50. The molecule has 1 aromatic carbocycles. The molecule has 2 aromatic rings. The summed E-state index contributed by atoms with van der Waals surface area (Å²) in [6, 6.07) is 4.87. The molecule has 3 nitrogen and oxygen atoms in total. The number of nitrogens with zero attached hydrogens (tertiary/aromatic N) is 2. The van der Waals surface area contributed by atoms with E-state index in [1.54, 1.807) is 12.1 Å².